The summed E-state index contributed by atoms with van der Waals surface area (Å²) in [7, 11) is 0. The Kier molecular flexibility index (Phi) is 6.99. The Balaban J connectivity index is 2.22. The lowest BCUT2D eigenvalue weighted by molar-refractivity contribution is 0.181. The highest BCUT2D eigenvalue weighted by atomic mass is 16.3. The van der Waals surface area contributed by atoms with Crippen LogP contribution in [0, 0.1) is 5.92 Å². The molecule has 1 aromatic carbocycles. The number of hydrogen-bond donors (Lipinski definition) is 2. The zero-order valence-corrected chi connectivity index (χ0v) is 11.9. The summed E-state index contributed by atoms with van der Waals surface area (Å²) >= 11 is 0. The molecule has 1 unspecified atom stereocenters. The molecule has 0 aliphatic rings. The van der Waals surface area contributed by atoms with Gasteiger partial charge in [-0.05, 0) is 49.8 Å². The first-order chi connectivity index (χ1) is 8.58. The minimum atomic E-state index is -0.179. The van der Waals surface area contributed by atoms with Gasteiger partial charge < -0.3 is 10.4 Å². The van der Waals surface area contributed by atoms with Crippen LogP contribution in [0.1, 0.15) is 44.7 Å². The fourth-order valence-electron chi connectivity index (χ4n) is 2.02. The molecule has 2 nitrogen and oxygen atoms in total. The molecule has 2 heteroatoms. The molecule has 2 N–H and O–H groups in total. The SMILES string of the molecule is CC(C)Cc1ccc(CNCCCC(C)O)cc1. The third-order valence-corrected chi connectivity index (χ3v) is 2.97. The van der Waals surface area contributed by atoms with Gasteiger partial charge >= 0.3 is 0 Å². The van der Waals surface area contributed by atoms with E-state index in [-0.39, 0.29) is 6.10 Å². The molecule has 0 spiro atoms. The van der Waals surface area contributed by atoms with Crippen molar-refractivity contribution < 1.29 is 5.11 Å². The largest absolute Gasteiger partial charge is 0.393 e. The first-order valence-electron chi connectivity index (χ1n) is 7.04. The van der Waals surface area contributed by atoms with E-state index in [4.69, 9.17) is 5.11 Å². The van der Waals surface area contributed by atoms with Crippen molar-refractivity contribution in [2.45, 2.75) is 52.7 Å². The maximum absolute atomic E-state index is 9.14. The predicted molar refractivity (Wildman–Crippen MR) is 77.6 cm³/mol. The molecular formula is C16H27NO. The number of nitrogens with one attached hydrogen (secondary N) is 1. The average molecular weight is 249 g/mol. The lowest BCUT2D eigenvalue weighted by atomic mass is 10.0. The van der Waals surface area contributed by atoms with Crippen LogP contribution in [0.5, 0.6) is 0 Å². The first kappa shape index (κ1) is 15.2. The number of aliphatic hydroxyl groups is 1. The molecule has 0 aliphatic carbocycles. The van der Waals surface area contributed by atoms with E-state index < -0.39 is 0 Å². The standard InChI is InChI=1S/C16H27NO/c1-13(2)11-15-6-8-16(9-7-15)12-17-10-4-5-14(3)18/h6-9,13-14,17-18H,4-5,10-12H2,1-3H3. The van der Waals surface area contributed by atoms with Gasteiger partial charge in [0.15, 0.2) is 0 Å². The van der Waals surface area contributed by atoms with Crippen LogP contribution in [0.4, 0.5) is 0 Å². The second-order valence-corrected chi connectivity index (χ2v) is 5.58. The molecule has 0 saturated heterocycles. The van der Waals surface area contributed by atoms with Crippen LogP contribution in [0.25, 0.3) is 0 Å². The minimum Gasteiger partial charge on any atom is -0.393 e. The second kappa shape index (κ2) is 8.28. The summed E-state index contributed by atoms with van der Waals surface area (Å²) in [6.45, 7) is 8.23. The Morgan fingerprint density at radius 3 is 2.22 bits per heavy atom. The maximum Gasteiger partial charge on any atom is 0.0512 e. The van der Waals surface area contributed by atoms with Crippen molar-refractivity contribution in [3.05, 3.63) is 35.4 Å². The predicted octanol–water partition coefficient (Wildman–Crippen LogP) is 3.14. The molecule has 0 aliphatic heterocycles. The molecule has 0 bridgehead atoms. The van der Waals surface area contributed by atoms with Gasteiger partial charge in [-0.2, -0.15) is 0 Å². The van der Waals surface area contributed by atoms with Gasteiger partial charge in [-0.3, -0.25) is 0 Å². The summed E-state index contributed by atoms with van der Waals surface area (Å²) < 4.78 is 0. The Labute approximate surface area is 111 Å². The van der Waals surface area contributed by atoms with Gasteiger partial charge in [0.1, 0.15) is 0 Å². The summed E-state index contributed by atoms with van der Waals surface area (Å²) in [4.78, 5) is 0. The van der Waals surface area contributed by atoms with Gasteiger partial charge in [-0.25, -0.2) is 0 Å². The smallest absolute Gasteiger partial charge is 0.0512 e. The highest BCUT2D eigenvalue weighted by Crippen LogP contribution is 2.09. The summed E-state index contributed by atoms with van der Waals surface area (Å²) in [5.41, 5.74) is 2.75. The molecule has 0 amide bonds. The van der Waals surface area contributed by atoms with Crippen LogP contribution >= 0.6 is 0 Å². The Hall–Kier alpha value is -0.860. The topological polar surface area (TPSA) is 32.3 Å². The highest BCUT2D eigenvalue weighted by molar-refractivity contribution is 5.22. The van der Waals surface area contributed by atoms with E-state index >= 15 is 0 Å². The summed E-state index contributed by atoms with van der Waals surface area (Å²) in [5, 5.41) is 12.5. The fourth-order valence-corrected chi connectivity index (χ4v) is 2.02. The third-order valence-electron chi connectivity index (χ3n) is 2.97. The molecule has 0 radical (unpaired) electrons. The zero-order chi connectivity index (χ0) is 13.4. The molecule has 1 rings (SSSR count). The van der Waals surface area contributed by atoms with Crippen molar-refractivity contribution in [1.82, 2.24) is 5.32 Å². The van der Waals surface area contributed by atoms with E-state index in [0.717, 1.165) is 38.3 Å². The van der Waals surface area contributed by atoms with Crippen molar-refractivity contribution in [2.75, 3.05) is 6.54 Å². The summed E-state index contributed by atoms with van der Waals surface area (Å²) in [5.74, 6) is 0.717. The van der Waals surface area contributed by atoms with Gasteiger partial charge in [0, 0.05) is 6.54 Å². The van der Waals surface area contributed by atoms with Gasteiger partial charge in [0.2, 0.25) is 0 Å². The number of hydrogen-bond acceptors (Lipinski definition) is 2. The van der Waals surface area contributed by atoms with E-state index in [2.05, 4.69) is 43.4 Å². The van der Waals surface area contributed by atoms with Crippen molar-refractivity contribution >= 4 is 0 Å². The van der Waals surface area contributed by atoms with Gasteiger partial charge in [0.05, 0.1) is 6.10 Å². The zero-order valence-electron chi connectivity index (χ0n) is 11.9. The highest BCUT2D eigenvalue weighted by Gasteiger charge is 1.99. The molecule has 0 fully saturated rings. The Bertz CT molecular complexity index is 316. The third kappa shape index (κ3) is 6.77. The van der Waals surface area contributed by atoms with E-state index in [0.29, 0.717) is 0 Å². The maximum atomic E-state index is 9.14. The number of benzene rings is 1. The van der Waals surface area contributed by atoms with E-state index in [9.17, 15) is 0 Å². The van der Waals surface area contributed by atoms with E-state index in [1.807, 2.05) is 6.92 Å². The van der Waals surface area contributed by atoms with Crippen molar-refractivity contribution in [1.29, 1.82) is 0 Å². The lowest BCUT2D eigenvalue weighted by Gasteiger charge is -2.08. The molecule has 1 atom stereocenters. The van der Waals surface area contributed by atoms with E-state index in [1.165, 1.54) is 11.1 Å². The van der Waals surface area contributed by atoms with E-state index in [1.54, 1.807) is 0 Å². The first-order valence-corrected chi connectivity index (χ1v) is 7.04. The summed E-state index contributed by atoms with van der Waals surface area (Å²) in [6.07, 6.45) is 2.88. The molecule has 1 aromatic rings. The van der Waals surface area contributed by atoms with Gasteiger partial charge in [0.25, 0.3) is 0 Å². The van der Waals surface area contributed by atoms with Gasteiger partial charge in [-0.1, -0.05) is 38.1 Å². The molecule has 18 heavy (non-hydrogen) atoms. The Morgan fingerprint density at radius 2 is 1.67 bits per heavy atom. The molecule has 0 saturated carbocycles. The van der Waals surface area contributed by atoms with Crippen LogP contribution in [0.2, 0.25) is 0 Å². The van der Waals surface area contributed by atoms with Crippen molar-refractivity contribution in [3.8, 4) is 0 Å². The quantitative estimate of drug-likeness (QED) is 0.694. The van der Waals surface area contributed by atoms with Crippen LogP contribution in [-0.2, 0) is 13.0 Å². The van der Waals surface area contributed by atoms with Crippen LogP contribution < -0.4 is 5.32 Å². The van der Waals surface area contributed by atoms with Gasteiger partial charge in [-0.15, -0.1) is 0 Å². The van der Waals surface area contributed by atoms with Crippen LogP contribution in [-0.4, -0.2) is 17.8 Å². The fraction of sp³-hybridized carbons (Fsp3) is 0.625. The van der Waals surface area contributed by atoms with Crippen molar-refractivity contribution in [2.24, 2.45) is 5.92 Å². The monoisotopic (exact) mass is 249 g/mol. The number of rotatable bonds is 8. The molecule has 102 valence electrons. The minimum absolute atomic E-state index is 0.179. The van der Waals surface area contributed by atoms with Crippen molar-refractivity contribution in [3.63, 3.8) is 0 Å². The normalized spacial score (nSPS) is 12.9. The molecular weight excluding hydrogens is 222 g/mol. The second-order valence-electron chi connectivity index (χ2n) is 5.58. The summed E-state index contributed by atoms with van der Waals surface area (Å²) in [6, 6.07) is 8.87. The lowest BCUT2D eigenvalue weighted by Crippen LogP contribution is -2.16. The molecule has 0 heterocycles. The van der Waals surface area contributed by atoms with Crippen LogP contribution in [0.15, 0.2) is 24.3 Å². The average Bonchev–Trinajstić information content (AvgIpc) is 2.30. The number of aliphatic hydroxyl groups excluding tert-OH is 1. The Morgan fingerprint density at radius 1 is 1.06 bits per heavy atom. The molecule has 0 aromatic heterocycles. The van der Waals surface area contributed by atoms with Crippen LogP contribution in [0.3, 0.4) is 0 Å².